The lowest BCUT2D eigenvalue weighted by atomic mass is 10.0. The molecule has 0 atom stereocenters. The fraction of sp³-hybridized carbons (Fsp3) is 0.250. The number of halogens is 2. The molecule has 1 aromatic carbocycles. The van der Waals surface area contributed by atoms with Gasteiger partial charge < -0.3 is 5.32 Å². The van der Waals surface area contributed by atoms with Crippen LogP contribution in [0.5, 0.6) is 0 Å². The van der Waals surface area contributed by atoms with Crippen LogP contribution in [0.3, 0.4) is 0 Å². The summed E-state index contributed by atoms with van der Waals surface area (Å²) in [4.78, 5) is 11.4. The summed E-state index contributed by atoms with van der Waals surface area (Å²) in [5.74, 6) is -0.427. The molecule has 2 rings (SSSR count). The first-order chi connectivity index (χ1) is 7.68. The van der Waals surface area contributed by atoms with Gasteiger partial charge in [-0.1, -0.05) is 23.7 Å². The Bertz CT molecular complexity index is 456. The summed E-state index contributed by atoms with van der Waals surface area (Å²) in [6.07, 6.45) is 1.91. The summed E-state index contributed by atoms with van der Waals surface area (Å²) in [6, 6.07) is 6.32. The zero-order valence-corrected chi connectivity index (χ0v) is 9.35. The number of carbonyl (C=O) groups is 1. The highest BCUT2D eigenvalue weighted by Gasteiger charge is 2.19. The van der Waals surface area contributed by atoms with Crippen molar-refractivity contribution in [3.05, 3.63) is 40.8 Å². The van der Waals surface area contributed by atoms with E-state index < -0.39 is 0 Å². The molecule has 0 saturated carbocycles. The normalized spacial score (nSPS) is 16.5. The third-order valence-corrected chi connectivity index (χ3v) is 2.94. The molecule has 0 heterocycles. The predicted molar refractivity (Wildman–Crippen MR) is 61.8 cm³/mol. The maximum atomic E-state index is 13.4. The molecule has 0 aliphatic heterocycles. The molecule has 2 nitrogen and oxygen atoms in total. The van der Waals surface area contributed by atoms with Gasteiger partial charge >= 0.3 is 0 Å². The topological polar surface area (TPSA) is 29.1 Å². The number of para-hydroxylation sites is 1. The number of anilines is 1. The van der Waals surface area contributed by atoms with Crippen LogP contribution < -0.4 is 5.32 Å². The van der Waals surface area contributed by atoms with Gasteiger partial charge in [-0.05, 0) is 25.0 Å². The average molecular weight is 240 g/mol. The fourth-order valence-corrected chi connectivity index (χ4v) is 1.89. The summed E-state index contributed by atoms with van der Waals surface area (Å²) >= 11 is 5.88. The molecule has 0 spiro atoms. The van der Waals surface area contributed by atoms with Crippen LogP contribution in [0.1, 0.15) is 19.3 Å². The minimum absolute atomic E-state index is 0.0771. The monoisotopic (exact) mass is 239 g/mol. The fourth-order valence-electron chi connectivity index (χ4n) is 1.66. The first-order valence-electron chi connectivity index (χ1n) is 5.12. The van der Waals surface area contributed by atoms with Gasteiger partial charge in [0.25, 0.3) is 0 Å². The number of hydrogen-bond acceptors (Lipinski definition) is 2. The quantitative estimate of drug-likeness (QED) is 0.857. The molecule has 0 bridgehead atoms. The van der Waals surface area contributed by atoms with E-state index in [2.05, 4.69) is 5.32 Å². The van der Waals surface area contributed by atoms with Gasteiger partial charge in [-0.3, -0.25) is 4.79 Å². The van der Waals surface area contributed by atoms with Crippen molar-refractivity contribution < 1.29 is 9.18 Å². The van der Waals surface area contributed by atoms with Gasteiger partial charge in [0.2, 0.25) is 0 Å². The zero-order chi connectivity index (χ0) is 11.5. The molecule has 0 unspecified atom stereocenters. The SMILES string of the molecule is O=C1CCCC(Nc2ccccc2F)=C1Cl. The van der Waals surface area contributed by atoms with Crippen molar-refractivity contribution >= 4 is 23.1 Å². The Morgan fingerprint density at radius 3 is 2.75 bits per heavy atom. The van der Waals surface area contributed by atoms with Crippen molar-refractivity contribution in [1.82, 2.24) is 0 Å². The Hall–Kier alpha value is -1.35. The first-order valence-corrected chi connectivity index (χ1v) is 5.49. The van der Waals surface area contributed by atoms with Crippen molar-refractivity contribution in [3.8, 4) is 0 Å². The highest BCUT2D eigenvalue weighted by atomic mass is 35.5. The van der Waals surface area contributed by atoms with Gasteiger partial charge in [0.1, 0.15) is 10.8 Å². The molecule has 84 valence electrons. The second kappa shape index (κ2) is 4.66. The summed E-state index contributed by atoms with van der Waals surface area (Å²) in [5, 5.41) is 3.08. The van der Waals surface area contributed by atoms with E-state index in [4.69, 9.17) is 11.6 Å². The molecule has 16 heavy (non-hydrogen) atoms. The Balaban J connectivity index is 2.25. The van der Waals surface area contributed by atoms with Crippen LogP contribution in [-0.2, 0) is 4.79 Å². The van der Waals surface area contributed by atoms with E-state index in [9.17, 15) is 9.18 Å². The third-order valence-electron chi connectivity index (χ3n) is 2.50. The number of allylic oxidation sites excluding steroid dienone is 2. The molecular formula is C12H11ClFNO. The molecule has 1 N–H and O–H groups in total. The largest absolute Gasteiger partial charge is 0.355 e. The van der Waals surface area contributed by atoms with Gasteiger partial charge in [-0.25, -0.2) is 4.39 Å². The molecule has 0 radical (unpaired) electrons. The van der Waals surface area contributed by atoms with Crippen LogP contribution in [0, 0.1) is 5.82 Å². The minimum Gasteiger partial charge on any atom is -0.355 e. The van der Waals surface area contributed by atoms with Crippen molar-refractivity contribution in [2.24, 2.45) is 0 Å². The van der Waals surface area contributed by atoms with Crippen LogP contribution in [0.25, 0.3) is 0 Å². The minimum atomic E-state index is -0.350. The van der Waals surface area contributed by atoms with E-state index in [0.717, 1.165) is 6.42 Å². The van der Waals surface area contributed by atoms with Crippen LogP contribution in [0.15, 0.2) is 35.0 Å². The maximum absolute atomic E-state index is 13.4. The molecule has 0 amide bonds. The second-order valence-electron chi connectivity index (χ2n) is 3.67. The summed E-state index contributed by atoms with van der Waals surface area (Å²) in [5.41, 5.74) is 0.966. The lowest BCUT2D eigenvalue weighted by molar-refractivity contribution is -0.115. The number of nitrogens with one attached hydrogen (secondary N) is 1. The standard InChI is InChI=1S/C12H11ClFNO/c13-12-10(6-3-7-11(12)16)15-9-5-2-1-4-8(9)14/h1-2,4-5,15H,3,6-7H2. The van der Waals surface area contributed by atoms with E-state index in [1.807, 2.05) is 0 Å². The lowest BCUT2D eigenvalue weighted by Gasteiger charge is -2.17. The first kappa shape index (κ1) is 11.1. The van der Waals surface area contributed by atoms with Crippen molar-refractivity contribution in [3.63, 3.8) is 0 Å². The van der Waals surface area contributed by atoms with Gasteiger partial charge in [0, 0.05) is 12.1 Å². The van der Waals surface area contributed by atoms with Crippen molar-refractivity contribution in [2.45, 2.75) is 19.3 Å². The third kappa shape index (κ3) is 2.25. The van der Waals surface area contributed by atoms with E-state index >= 15 is 0 Å². The molecule has 0 aromatic heterocycles. The Morgan fingerprint density at radius 1 is 1.25 bits per heavy atom. The molecule has 0 fully saturated rings. The number of benzene rings is 1. The van der Waals surface area contributed by atoms with Gasteiger partial charge in [-0.15, -0.1) is 0 Å². The summed E-state index contributed by atoms with van der Waals surface area (Å²) < 4.78 is 13.4. The second-order valence-corrected chi connectivity index (χ2v) is 4.05. The van der Waals surface area contributed by atoms with Crippen LogP contribution >= 0.6 is 11.6 Å². The number of carbonyl (C=O) groups excluding carboxylic acids is 1. The van der Waals surface area contributed by atoms with E-state index in [1.165, 1.54) is 6.07 Å². The molecule has 1 aliphatic carbocycles. The highest BCUT2D eigenvalue weighted by Crippen LogP contribution is 2.27. The number of ketones is 1. The van der Waals surface area contributed by atoms with E-state index in [-0.39, 0.29) is 16.6 Å². The van der Waals surface area contributed by atoms with Crippen molar-refractivity contribution in [1.29, 1.82) is 0 Å². The molecular weight excluding hydrogens is 229 g/mol. The number of hydrogen-bond donors (Lipinski definition) is 1. The van der Waals surface area contributed by atoms with Gasteiger partial charge in [-0.2, -0.15) is 0 Å². The molecule has 0 saturated heterocycles. The number of rotatable bonds is 2. The maximum Gasteiger partial charge on any atom is 0.175 e. The summed E-state index contributed by atoms with van der Waals surface area (Å²) in [7, 11) is 0. The van der Waals surface area contributed by atoms with E-state index in [1.54, 1.807) is 18.2 Å². The Labute approximate surface area is 98.1 Å². The van der Waals surface area contributed by atoms with Crippen LogP contribution in [0.2, 0.25) is 0 Å². The molecule has 1 aromatic rings. The number of Topliss-reactive ketones (excluding diaryl/α,β-unsaturated/α-hetero) is 1. The predicted octanol–water partition coefficient (Wildman–Crippen LogP) is 3.44. The smallest absolute Gasteiger partial charge is 0.175 e. The summed E-state index contributed by atoms with van der Waals surface area (Å²) in [6.45, 7) is 0. The highest BCUT2D eigenvalue weighted by molar-refractivity contribution is 6.43. The zero-order valence-electron chi connectivity index (χ0n) is 8.59. The van der Waals surface area contributed by atoms with E-state index in [0.29, 0.717) is 24.2 Å². The average Bonchev–Trinajstić information content (AvgIpc) is 2.28. The molecule has 1 aliphatic rings. The van der Waals surface area contributed by atoms with Crippen molar-refractivity contribution in [2.75, 3.05) is 5.32 Å². The van der Waals surface area contributed by atoms with Gasteiger partial charge in [0.15, 0.2) is 5.78 Å². The molecule has 4 heteroatoms. The van der Waals surface area contributed by atoms with Gasteiger partial charge in [0.05, 0.1) is 5.69 Å². The van der Waals surface area contributed by atoms with Crippen LogP contribution in [-0.4, -0.2) is 5.78 Å². The Morgan fingerprint density at radius 2 is 2.00 bits per heavy atom. The Kier molecular flexibility index (Phi) is 3.25. The lowest BCUT2D eigenvalue weighted by Crippen LogP contribution is -2.13. The van der Waals surface area contributed by atoms with Crippen LogP contribution in [0.4, 0.5) is 10.1 Å².